The van der Waals surface area contributed by atoms with E-state index in [-0.39, 0.29) is 11.9 Å². The van der Waals surface area contributed by atoms with Crippen LogP contribution in [0.3, 0.4) is 0 Å². The molecule has 2 aromatic carbocycles. The van der Waals surface area contributed by atoms with E-state index in [0.717, 1.165) is 24.2 Å². The summed E-state index contributed by atoms with van der Waals surface area (Å²) in [4.78, 5) is 22.2. The van der Waals surface area contributed by atoms with Gasteiger partial charge < -0.3 is 14.2 Å². The van der Waals surface area contributed by atoms with Crippen molar-refractivity contribution in [1.29, 1.82) is 0 Å². The molecular formula is C20H22O5. The summed E-state index contributed by atoms with van der Waals surface area (Å²) in [6, 6.07) is 14.6. The van der Waals surface area contributed by atoms with Crippen LogP contribution in [0.1, 0.15) is 32.3 Å². The fourth-order valence-corrected chi connectivity index (χ4v) is 2.27. The van der Waals surface area contributed by atoms with Gasteiger partial charge in [0.2, 0.25) is 0 Å². The maximum atomic E-state index is 11.3. The van der Waals surface area contributed by atoms with Crippen molar-refractivity contribution < 1.29 is 23.8 Å². The van der Waals surface area contributed by atoms with E-state index in [1.54, 1.807) is 31.2 Å². The molecule has 0 unspecified atom stereocenters. The Hall–Kier alpha value is -2.82. The molecule has 0 aliphatic carbocycles. The van der Waals surface area contributed by atoms with Gasteiger partial charge in [0.1, 0.15) is 17.2 Å². The normalized spacial score (nSPS) is 10.2. The van der Waals surface area contributed by atoms with Gasteiger partial charge in [0.25, 0.3) is 0 Å². The molecule has 5 nitrogen and oxygen atoms in total. The van der Waals surface area contributed by atoms with E-state index < -0.39 is 0 Å². The summed E-state index contributed by atoms with van der Waals surface area (Å²) < 4.78 is 15.6. The Morgan fingerprint density at radius 2 is 1.44 bits per heavy atom. The van der Waals surface area contributed by atoms with Crippen LogP contribution in [-0.2, 0) is 20.7 Å². The average molecular weight is 342 g/mol. The zero-order valence-electron chi connectivity index (χ0n) is 14.5. The van der Waals surface area contributed by atoms with Crippen molar-refractivity contribution in [2.24, 2.45) is 0 Å². The molecule has 0 atom stereocenters. The molecule has 2 aromatic rings. The lowest BCUT2D eigenvalue weighted by atomic mass is 10.1. The quantitative estimate of drug-likeness (QED) is 0.529. The van der Waals surface area contributed by atoms with Gasteiger partial charge in [0.15, 0.2) is 0 Å². The maximum absolute atomic E-state index is 11.3. The van der Waals surface area contributed by atoms with Crippen LogP contribution in [0.15, 0.2) is 48.5 Å². The number of aryl methyl sites for hydroxylation is 1. The first-order valence-corrected chi connectivity index (χ1v) is 8.27. The zero-order valence-corrected chi connectivity index (χ0v) is 14.5. The minimum atomic E-state index is -0.354. The Morgan fingerprint density at radius 1 is 0.880 bits per heavy atom. The predicted molar refractivity (Wildman–Crippen MR) is 93.8 cm³/mol. The van der Waals surface area contributed by atoms with E-state index >= 15 is 0 Å². The molecule has 0 aliphatic rings. The van der Waals surface area contributed by atoms with Gasteiger partial charge in [-0.25, -0.2) is 0 Å². The predicted octanol–water partition coefficient (Wildman–Crippen LogP) is 4.29. The van der Waals surface area contributed by atoms with Crippen molar-refractivity contribution in [3.63, 3.8) is 0 Å². The Labute approximate surface area is 147 Å². The molecule has 0 radical (unpaired) electrons. The third kappa shape index (κ3) is 6.67. The van der Waals surface area contributed by atoms with Crippen LogP contribution in [0.2, 0.25) is 0 Å². The minimum absolute atomic E-state index is 0.153. The lowest BCUT2D eigenvalue weighted by Crippen LogP contribution is -2.03. The van der Waals surface area contributed by atoms with Crippen molar-refractivity contribution in [1.82, 2.24) is 0 Å². The first kappa shape index (κ1) is 18.5. The van der Waals surface area contributed by atoms with Crippen LogP contribution in [0.4, 0.5) is 0 Å². The number of hydrogen-bond donors (Lipinski definition) is 0. The fourth-order valence-electron chi connectivity index (χ4n) is 2.27. The van der Waals surface area contributed by atoms with Crippen LogP contribution < -0.4 is 9.47 Å². The van der Waals surface area contributed by atoms with E-state index in [2.05, 4.69) is 0 Å². The third-order valence-electron chi connectivity index (χ3n) is 3.40. The van der Waals surface area contributed by atoms with Crippen molar-refractivity contribution >= 4 is 11.9 Å². The van der Waals surface area contributed by atoms with Crippen molar-refractivity contribution in [3.8, 4) is 17.2 Å². The Balaban J connectivity index is 1.83. The second kappa shape index (κ2) is 9.47. The zero-order chi connectivity index (χ0) is 18.1. The van der Waals surface area contributed by atoms with Crippen molar-refractivity contribution in [2.45, 2.75) is 33.1 Å². The average Bonchev–Trinajstić information content (AvgIpc) is 2.58. The van der Waals surface area contributed by atoms with Gasteiger partial charge in [0.05, 0.1) is 6.61 Å². The molecule has 0 bridgehead atoms. The molecule has 0 amide bonds. The van der Waals surface area contributed by atoms with E-state index in [1.165, 1.54) is 6.92 Å². The number of esters is 2. The molecule has 0 N–H and O–H groups in total. The lowest BCUT2D eigenvalue weighted by molar-refractivity contribution is -0.143. The smallest absolute Gasteiger partial charge is 0.308 e. The lowest BCUT2D eigenvalue weighted by Gasteiger charge is -2.08. The molecule has 5 heteroatoms. The SMILES string of the molecule is CCOC(=O)CCCc1ccc(Oc2ccc(OC(C)=O)cc2)cc1. The van der Waals surface area contributed by atoms with E-state index in [1.807, 2.05) is 24.3 Å². The highest BCUT2D eigenvalue weighted by molar-refractivity contribution is 5.69. The third-order valence-corrected chi connectivity index (χ3v) is 3.40. The molecule has 25 heavy (non-hydrogen) atoms. The second-order valence-corrected chi connectivity index (χ2v) is 5.47. The van der Waals surface area contributed by atoms with E-state index in [9.17, 15) is 9.59 Å². The summed E-state index contributed by atoms with van der Waals surface area (Å²) in [7, 11) is 0. The summed E-state index contributed by atoms with van der Waals surface area (Å²) in [5.41, 5.74) is 1.14. The first-order chi connectivity index (χ1) is 12.1. The van der Waals surface area contributed by atoms with Crippen LogP contribution in [0, 0.1) is 0 Å². The van der Waals surface area contributed by atoms with Crippen LogP contribution in [0.5, 0.6) is 17.2 Å². The number of carbonyl (C=O) groups excluding carboxylic acids is 2. The molecule has 0 fully saturated rings. The molecule has 0 aliphatic heterocycles. The summed E-state index contributed by atoms with van der Waals surface area (Å²) in [5, 5.41) is 0. The largest absolute Gasteiger partial charge is 0.466 e. The van der Waals surface area contributed by atoms with Gasteiger partial charge in [0, 0.05) is 13.3 Å². The van der Waals surface area contributed by atoms with E-state index in [0.29, 0.717) is 24.5 Å². The summed E-state index contributed by atoms with van der Waals surface area (Å²) in [6.45, 7) is 3.59. The highest BCUT2D eigenvalue weighted by atomic mass is 16.5. The fraction of sp³-hybridized carbons (Fsp3) is 0.300. The first-order valence-electron chi connectivity index (χ1n) is 8.27. The van der Waals surface area contributed by atoms with Gasteiger partial charge in [-0.2, -0.15) is 0 Å². The molecule has 0 heterocycles. The van der Waals surface area contributed by atoms with Gasteiger partial charge >= 0.3 is 11.9 Å². The standard InChI is InChI=1S/C20H22O5/c1-3-23-20(22)6-4-5-16-7-9-18(10-8-16)25-19-13-11-17(12-14-19)24-15(2)21/h7-14H,3-6H2,1-2H3. The van der Waals surface area contributed by atoms with Crippen molar-refractivity contribution in [2.75, 3.05) is 6.61 Å². The highest BCUT2D eigenvalue weighted by Crippen LogP contribution is 2.24. The van der Waals surface area contributed by atoms with Crippen LogP contribution in [0.25, 0.3) is 0 Å². The number of hydrogen-bond acceptors (Lipinski definition) is 5. The Bertz CT molecular complexity index is 689. The van der Waals surface area contributed by atoms with Gasteiger partial charge in [-0.3, -0.25) is 9.59 Å². The Kier molecular flexibility index (Phi) is 7.01. The van der Waals surface area contributed by atoms with Crippen LogP contribution in [-0.4, -0.2) is 18.5 Å². The molecule has 0 spiro atoms. The molecule has 0 saturated heterocycles. The van der Waals surface area contributed by atoms with Gasteiger partial charge in [-0.1, -0.05) is 12.1 Å². The molecule has 2 rings (SSSR count). The van der Waals surface area contributed by atoms with Crippen molar-refractivity contribution in [3.05, 3.63) is 54.1 Å². The van der Waals surface area contributed by atoms with E-state index in [4.69, 9.17) is 14.2 Å². The number of rotatable bonds is 8. The topological polar surface area (TPSA) is 61.8 Å². The summed E-state index contributed by atoms with van der Waals surface area (Å²) in [6.07, 6.45) is 2.01. The molecular weight excluding hydrogens is 320 g/mol. The second-order valence-electron chi connectivity index (χ2n) is 5.47. The summed E-state index contributed by atoms with van der Waals surface area (Å²) >= 11 is 0. The Morgan fingerprint density at radius 3 is 2.00 bits per heavy atom. The minimum Gasteiger partial charge on any atom is -0.466 e. The maximum Gasteiger partial charge on any atom is 0.308 e. The van der Waals surface area contributed by atoms with Gasteiger partial charge in [-0.15, -0.1) is 0 Å². The summed E-state index contributed by atoms with van der Waals surface area (Å²) in [5.74, 6) is 1.35. The van der Waals surface area contributed by atoms with Gasteiger partial charge in [-0.05, 0) is 61.7 Å². The highest BCUT2D eigenvalue weighted by Gasteiger charge is 2.03. The number of benzene rings is 2. The monoisotopic (exact) mass is 342 g/mol. The molecule has 132 valence electrons. The molecule has 0 aromatic heterocycles. The number of carbonyl (C=O) groups is 2. The molecule has 0 saturated carbocycles. The number of ether oxygens (including phenoxy) is 3. The van der Waals surface area contributed by atoms with Crippen LogP contribution >= 0.6 is 0 Å².